The van der Waals surface area contributed by atoms with Gasteiger partial charge in [0.05, 0.1) is 12.1 Å². The second kappa shape index (κ2) is 7.14. The van der Waals surface area contributed by atoms with Crippen molar-refractivity contribution in [3.8, 4) is 0 Å². The first kappa shape index (κ1) is 19.2. The van der Waals surface area contributed by atoms with Crippen molar-refractivity contribution < 1.29 is 18.0 Å². The molecule has 1 amide bonds. The molecule has 1 aliphatic rings. The number of likely N-dealkylation sites (N-methyl/N-ethyl adjacent to an activating group) is 1. The van der Waals surface area contributed by atoms with Crippen LogP contribution in [0.4, 0.5) is 13.2 Å². The zero-order valence-corrected chi connectivity index (χ0v) is 13.8. The minimum absolute atomic E-state index is 0. The molecule has 0 aliphatic heterocycles. The van der Waals surface area contributed by atoms with Crippen LogP contribution in [0.2, 0.25) is 0 Å². The van der Waals surface area contributed by atoms with E-state index in [-0.39, 0.29) is 29.9 Å². The molecular weight excluding hydrogens is 339 g/mol. The Kier molecular flexibility index (Phi) is 6.23. The lowest BCUT2D eigenvalue weighted by Crippen LogP contribution is -2.55. The first-order chi connectivity index (χ1) is 9.72. The van der Waals surface area contributed by atoms with Gasteiger partial charge in [0.1, 0.15) is 5.01 Å². The van der Waals surface area contributed by atoms with Crippen LogP contribution in [0, 0.1) is 0 Å². The van der Waals surface area contributed by atoms with Crippen LogP contribution in [0.5, 0.6) is 0 Å². The van der Waals surface area contributed by atoms with Crippen molar-refractivity contribution in [1.29, 1.82) is 0 Å². The summed E-state index contributed by atoms with van der Waals surface area (Å²) in [4.78, 5) is 17.3. The summed E-state index contributed by atoms with van der Waals surface area (Å²) in [5.74, 6) is -0.217. The molecule has 0 aromatic carbocycles. The van der Waals surface area contributed by atoms with Crippen LogP contribution < -0.4 is 5.73 Å². The van der Waals surface area contributed by atoms with Crippen molar-refractivity contribution in [2.24, 2.45) is 5.73 Å². The van der Waals surface area contributed by atoms with E-state index in [4.69, 9.17) is 5.73 Å². The molecule has 22 heavy (non-hydrogen) atoms. The number of thiazole rings is 1. The Labute approximate surface area is 137 Å². The maximum Gasteiger partial charge on any atom is 0.434 e. The fourth-order valence-electron chi connectivity index (χ4n) is 2.57. The second-order valence-electron chi connectivity index (χ2n) is 5.50. The van der Waals surface area contributed by atoms with Gasteiger partial charge < -0.3 is 10.6 Å². The molecule has 1 aliphatic carbocycles. The molecule has 4 nitrogen and oxygen atoms in total. The topological polar surface area (TPSA) is 59.2 Å². The van der Waals surface area contributed by atoms with Crippen molar-refractivity contribution in [1.82, 2.24) is 9.88 Å². The van der Waals surface area contributed by atoms with Crippen molar-refractivity contribution >= 4 is 29.7 Å². The molecule has 126 valence electrons. The van der Waals surface area contributed by atoms with Gasteiger partial charge in [-0.25, -0.2) is 4.98 Å². The number of carbonyl (C=O) groups is 1. The third-order valence-corrected chi connectivity index (χ3v) is 4.57. The van der Waals surface area contributed by atoms with Gasteiger partial charge in [-0.2, -0.15) is 13.2 Å². The van der Waals surface area contributed by atoms with Crippen LogP contribution in [0.15, 0.2) is 5.38 Å². The quantitative estimate of drug-likeness (QED) is 0.903. The number of alkyl halides is 3. The van der Waals surface area contributed by atoms with Gasteiger partial charge in [0.2, 0.25) is 5.91 Å². The smallest absolute Gasteiger partial charge is 0.337 e. The first-order valence-electron chi connectivity index (χ1n) is 6.78. The predicted octanol–water partition coefficient (Wildman–Crippen LogP) is 3.20. The third kappa shape index (κ3) is 4.33. The van der Waals surface area contributed by atoms with E-state index in [1.54, 1.807) is 7.05 Å². The molecule has 2 rings (SSSR count). The molecule has 1 fully saturated rings. The van der Waals surface area contributed by atoms with Gasteiger partial charge in [-0.1, -0.05) is 19.3 Å². The summed E-state index contributed by atoms with van der Waals surface area (Å²) >= 11 is 0.902. The van der Waals surface area contributed by atoms with Gasteiger partial charge in [0.15, 0.2) is 5.69 Å². The summed E-state index contributed by atoms with van der Waals surface area (Å²) < 4.78 is 37.5. The highest BCUT2D eigenvalue weighted by Gasteiger charge is 2.38. The summed E-state index contributed by atoms with van der Waals surface area (Å²) in [6.07, 6.45) is -0.312. The highest BCUT2D eigenvalue weighted by atomic mass is 35.5. The third-order valence-electron chi connectivity index (χ3n) is 3.73. The van der Waals surface area contributed by atoms with Crippen LogP contribution in [-0.4, -0.2) is 28.4 Å². The van der Waals surface area contributed by atoms with Crippen molar-refractivity contribution in [2.45, 2.75) is 50.4 Å². The summed E-state index contributed by atoms with van der Waals surface area (Å²) in [5.41, 5.74) is 4.35. The maximum absolute atomic E-state index is 12.5. The molecular formula is C13H19ClF3N3OS. The average Bonchev–Trinajstić information content (AvgIpc) is 2.87. The number of aromatic nitrogens is 1. The zero-order chi connectivity index (χ0) is 15.7. The molecule has 0 spiro atoms. The Morgan fingerprint density at radius 1 is 1.41 bits per heavy atom. The van der Waals surface area contributed by atoms with Gasteiger partial charge in [0, 0.05) is 12.4 Å². The van der Waals surface area contributed by atoms with Crippen LogP contribution in [0.25, 0.3) is 0 Å². The van der Waals surface area contributed by atoms with Crippen LogP contribution in [0.3, 0.4) is 0 Å². The van der Waals surface area contributed by atoms with Crippen LogP contribution in [0.1, 0.15) is 42.8 Å². The summed E-state index contributed by atoms with van der Waals surface area (Å²) in [5, 5.41) is 1.23. The molecule has 1 aromatic heterocycles. The first-order valence-corrected chi connectivity index (χ1v) is 7.66. The lowest BCUT2D eigenvalue weighted by Gasteiger charge is -2.35. The minimum Gasteiger partial charge on any atom is -0.337 e. The lowest BCUT2D eigenvalue weighted by molar-refractivity contribution is -0.140. The Hall–Kier alpha value is -0.860. The van der Waals surface area contributed by atoms with Gasteiger partial charge in [-0.05, 0) is 12.8 Å². The van der Waals surface area contributed by atoms with Crippen molar-refractivity contribution in [2.75, 3.05) is 7.05 Å². The molecule has 0 radical (unpaired) electrons. The maximum atomic E-state index is 12.5. The Morgan fingerprint density at radius 3 is 2.50 bits per heavy atom. The molecule has 2 N–H and O–H groups in total. The normalized spacial score (nSPS) is 17.7. The van der Waals surface area contributed by atoms with E-state index < -0.39 is 17.4 Å². The van der Waals surface area contributed by atoms with E-state index in [1.165, 1.54) is 4.90 Å². The highest BCUT2D eigenvalue weighted by Crippen LogP contribution is 2.31. The van der Waals surface area contributed by atoms with Gasteiger partial charge in [-0.3, -0.25) is 4.79 Å². The molecule has 0 unspecified atom stereocenters. The molecule has 0 atom stereocenters. The molecule has 1 aromatic rings. The molecule has 9 heteroatoms. The van der Waals surface area contributed by atoms with Crippen molar-refractivity contribution in [3.63, 3.8) is 0 Å². The van der Waals surface area contributed by atoms with Gasteiger partial charge in [0.25, 0.3) is 0 Å². The Balaban J connectivity index is 0.00000242. The number of hydrogen-bond donors (Lipinski definition) is 1. The average molecular weight is 358 g/mol. The van der Waals surface area contributed by atoms with E-state index in [1.807, 2.05) is 0 Å². The summed E-state index contributed by atoms with van der Waals surface area (Å²) in [6, 6.07) is 0. The molecule has 1 saturated carbocycles. The molecule has 0 bridgehead atoms. The SMILES string of the molecule is CN(Cc1nc(C(F)(F)F)cs1)C(=O)C1(N)CCCCC1.Cl. The van der Waals surface area contributed by atoms with E-state index in [9.17, 15) is 18.0 Å². The summed E-state index contributed by atoms with van der Waals surface area (Å²) in [6.45, 7) is 0.0541. The fraction of sp³-hybridized carbons (Fsp3) is 0.692. The van der Waals surface area contributed by atoms with Gasteiger partial charge >= 0.3 is 6.18 Å². The van der Waals surface area contributed by atoms with E-state index in [0.29, 0.717) is 12.8 Å². The largest absolute Gasteiger partial charge is 0.434 e. The number of carbonyl (C=O) groups excluding carboxylic acids is 1. The minimum atomic E-state index is -4.45. The number of hydrogen-bond acceptors (Lipinski definition) is 4. The van der Waals surface area contributed by atoms with E-state index in [2.05, 4.69) is 4.98 Å². The predicted molar refractivity (Wildman–Crippen MR) is 80.8 cm³/mol. The molecule has 1 heterocycles. The number of nitrogens with two attached hydrogens (primary N) is 1. The van der Waals surface area contributed by atoms with Crippen LogP contribution in [-0.2, 0) is 17.5 Å². The van der Waals surface area contributed by atoms with Crippen LogP contribution >= 0.6 is 23.7 Å². The Morgan fingerprint density at radius 2 is 2.00 bits per heavy atom. The fourth-order valence-corrected chi connectivity index (χ4v) is 3.42. The van der Waals surface area contributed by atoms with E-state index in [0.717, 1.165) is 36.0 Å². The number of rotatable bonds is 3. The number of amides is 1. The Bertz CT molecular complexity index is 515. The van der Waals surface area contributed by atoms with Crippen molar-refractivity contribution in [3.05, 3.63) is 16.1 Å². The number of halogens is 4. The molecule has 0 saturated heterocycles. The monoisotopic (exact) mass is 357 g/mol. The standard InChI is InChI=1S/C13H18F3N3OS.ClH/c1-19(11(20)12(17)5-3-2-4-6-12)7-10-18-9(8-21-10)13(14,15)16;/h8H,2-7,17H2,1H3;1H. The van der Waals surface area contributed by atoms with Gasteiger partial charge in [-0.15, -0.1) is 23.7 Å². The zero-order valence-electron chi connectivity index (χ0n) is 12.2. The highest BCUT2D eigenvalue weighted by molar-refractivity contribution is 7.09. The van der Waals surface area contributed by atoms with E-state index >= 15 is 0 Å². The second-order valence-corrected chi connectivity index (χ2v) is 6.44. The number of nitrogens with zero attached hydrogens (tertiary/aromatic N) is 2. The lowest BCUT2D eigenvalue weighted by atomic mass is 9.81. The summed E-state index contributed by atoms with van der Waals surface area (Å²) in [7, 11) is 1.56.